The Morgan fingerprint density at radius 1 is 1.33 bits per heavy atom. The maximum absolute atomic E-state index is 12.7. The van der Waals surface area contributed by atoms with Gasteiger partial charge in [-0.25, -0.2) is 4.98 Å². The predicted octanol–water partition coefficient (Wildman–Crippen LogP) is 2.22. The van der Waals surface area contributed by atoms with Crippen LogP contribution in [0.2, 0.25) is 0 Å². The van der Waals surface area contributed by atoms with Gasteiger partial charge >= 0.3 is 0 Å². The van der Waals surface area contributed by atoms with Crippen molar-refractivity contribution in [3.05, 3.63) is 29.8 Å². The molecule has 0 spiro atoms. The Balaban J connectivity index is 1.85. The summed E-state index contributed by atoms with van der Waals surface area (Å²) >= 11 is 0. The van der Waals surface area contributed by atoms with Crippen molar-refractivity contribution in [2.45, 2.75) is 43.7 Å². The number of fused-ring (bicyclic) bond motifs is 2. The quantitative estimate of drug-likeness (QED) is 0.713. The van der Waals surface area contributed by atoms with E-state index in [1.807, 2.05) is 6.07 Å². The Hall–Kier alpha value is -0.960. The molecule has 1 aromatic heterocycles. The zero-order chi connectivity index (χ0) is 10.3. The SMILES string of the molecule is Fc1ccc([C@H]2C[C@@H]3CCC[C@H]2N3)cn1. The largest absolute Gasteiger partial charge is 0.311 e. The fourth-order valence-corrected chi connectivity index (χ4v) is 3.00. The van der Waals surface area contributed by atoms with Crippen LogP contribution < -0.4 is 5.32 Å². The highest BCUT2D eigenvalue weighted by atomic mass is 19.1. The lowest BCUT2D eigenvalue weighted by Gasteiger charge is -2.22. The van der Waals surface area contributed by atoms with E-state index in [9.17, 15) is 4.39 Å². The van der Waals surface area contributed by atoms with Crippen LogP contribution in [0.1, 0.15) is 37.2 Å². The van der Waals surface area contributed by atoms with Crippen LogP contribution in [0.3, 0.4) is 0 Å². The first-order valence-electron chi connectivity index (χ1n) is 5.70. The summed E-state index contributed by atoms with van der Waals surface area (Å²) < 4.78 is 12.7. The number of halogens is 1. The normalized spacial score (nSPS) is 34.3. The van der Waals surface area contributed by atoms with Crippen molar-refractivity contribution >= 4 is 0 Å². The molecule has 0 aromatic carbocycles. The monoisotopic (exact) mass is 206 g/mol. The second-order valence-corrected chi connectivity index (χ2v) is 4.66. The second-order valence-electron chi connectivity index (χ2n) is 4.66. The molecule has 3 heterocycles. The molecule has 2 bridgehead atoms. The molecule has 2 saturated heterocycles. The van der Waals surface area contributed by atoms with Crippen LogP contribution in [0.15, 0.2) is 18.3 Å². The zero-order valence-electron chi connectivity index (χ0n) is 8.62. The van der Waals surface area contributed by atoms with Gasteiger partial charge in [-0.2, -0.15) is 4.39 Å². The van der Waals surface area contributed by atoms with E-state index in [2.05, 4.69) is 10.3 Å². The van der Waals surface area contributed by atoms with Gasteiger partial charge in [-0.3, -0.25) is 0 Å². The number of hydrogen-bond donors (Lipinski definition) is 1. The smallest absolute Gasteiger partial charge is 0.212 e. The summed E-state index contributed by atoms with van der Waals surface area (Å²) in [7, 11) is 0. The minimum Gasteiger partial charge on any atom is -0.311 e. The highest BCUT2D eigenvalue weighted by Gasteiger charge is 2.37. The molecule has 3 atom stereocenters. The molecule has 1 aromatic rings. The molecule has 0 amide bonds. The molecule has 1 N–H and O–H groups in total. The first-order valence-corrected chi connectivity index (χ1v) is 5.70. The molecule has 2 fully saturated rings. The van der Waals surface area contributed by atoms with Crippen LogP contribution in [-0.2, 0) is 0 Å². The highest BCUT2D eigenvalue weighted by molar-refractivity contribution is 5.21. The highest BCUT2D eigenvalue weighted by Crippen LogP contribution is 2.37. The first-order chi connectivity index (χ1) is 7.33. The Labute approximate surface area is 88.9 Å². The summed E-state index contributed by atoms with van der Waals surface area (Å²) in [6.07, 6.45) is 6.76. The van der Waals surface area contributed by atoms with Gasteiger partial charge in [-0.1, -0.05) is 12.5 Å². The van der Waals surface area contributed by atoms with Gasteiger partial charge in [0.05, 0.1) is 0 Å². The van der Waals surface area contributed by atoms with Crippen molar-refractivity contribution in [2.75, 3.05) is 0 Å². The Bertz CT molecular complexity index is 349. The lowest BCUT2D eigenvalue weighted by molar-refractivity contribution is 0.397. The number of pyridine rings is 1. The molecule has 80 valence electrons. The van der Waals surface area contributed by atoms with Crippen LogP contribution in [0.4, 0.5) is 4.39 Å². The van der Waals surface area contributed by atoms with Crippen molar-refractivity contribution in [2.24, 2.45) is 0 Å². The Morgan fingerprint density at radius 3 is 3.00 bits per heavy atom. The van der Waals surface area contributed by atoms with E-state index in [0.29, 0.717) is 18.0 Å². The standard InChI is InChI=1S/C12H15FN2/c13-12-5-4-8(7-14-12)10-6-9-2-1-3-11(10)15-9/h4-5,7,9-11,15H,1-3,6H2/t9-,10+,11+/m0/s1. The molecule has 15 heavy (non-hydrogen) atoms. The Kier molecular flexibility index (Phi) is 2.20. The van der Waals surface area contributed by atoms with Crippen molar-refractivity contribution < 1.29 is 4.39 Å². The van der Waals surface area contributed by atoms with E-state index in [0.717, 1.165) is 0 Å². The molecule has 2 nitrogen and oxygen atoms in total. The van der Waals surface area contributed by atoms with Gasteiger partial charge in [-0.05, 0) is 30.9 Å². The fourth-order valence-electron chi connectivity index (χ4n) is 3.00. The third-order valence-corrected chi connectivity index (χ3v) is 3.72. The average molecular weight is 206 g/mol. The van der Waals surface area contributed by atoms with E-state index in [1.165, 1.54) is 37.3 Å². The van der Waals surface area contributed by atoms with Crippen LogP contribution in [0, 0.1) is 5.95 Å². The van der Waals surface area contributed by atoms with Gasteiger partial charge in [0.1, 0.15) is 0 Å². The molecular formula is C12H15FN2. The summed E-state index contributed by atoms with van der Waals surface area (Å²) in [6, 6.07) is 4.63. The van der Waals surface area contributed by atoms with E-state index in [4.69, 9.17) is 0 Å². The van der Waals surface area contributed by atoms with Crippen molar-refractivity contribution in [3.8, 4) is 0 Å². The molecule has 0 saturated carbocycles. The fraction of sp³-hybridized carbons (Fsp3) is 0.583. The van der Waals surface area contributed by atoms with E-state index in [1.54, 1.807) is 6.20 Å². The summed E-state index contributed by atoms with van der Waals surface area (Å²) in [5.41, 5.74) is 1.19. The number of rotatable bonds is 1. The molecule has 0 aliphatic carbocycles. The molecule has 0 radical (unpaired) electrons. The van der Waals surface area contributed by atoms with E-state index in [-0.39, 0.29) is 5.95 Å². The maximum atomic E-state index is 12.7. The minimum absolute atomic E-state index is 0.382. The average Bonchev–Trinajstić information content (AvgIpc) is 2.55. The number of nitrogens with zero attached hydrogens (tertiary/aromatic N) is 1. The van der Waals surface area contributed by atoms with Gasteiger partial charge in [0.2, 0.25) is 5.95 Å². The van der Waals surface area contributed by atoms with E-state index >= 15 is 0 Å². The lowest BCUT2D eigenvalue weighted by Crippen LogP contribution is -2.34. The number of aromatic nitrogens is 1. The third kappa shape index (κ3) is 1.65. The van der Waals surface area contributed by atoms with Crippen molar-refractivity contribution in [1.29, 1.82) is 0 Å². The zero-order valence-corrected chi connectivity index (χ0v) is 8.62. The summed E-state index contributed by atoms with van der Waals surface area (Å²) in [4.78, 5) is 3.74. The second kappa shape index (κ2) is 3.56. The summed E-state index contributed by atoms with van der Waals surface area (Å²) in [5.74, 6) is 0.165. The molecule has 0 unspecified atom stereocenters. The van der Waals surface area contributed by atoms with Gasteiger partial charge in [0, 0.05) is 24.2 Å². The molecule has 2 aliphatic heterocycles. The van der Waals surface area contributed by atoms with Gasteiger partial charge in [-0.15, -0.1) is 0 Å². The number of nitrogens with one attached hydrogen (secondary N) is 1. The van der Waals surface area contributed by atoms with Crippen LogP contribution in [0.5, 0.6) is 0 Å². The molecule has 3 rings (SSSR count). The van der Waals surface area contributed by atoms with Gasteiger partial charge in [0.15, 0.2) is 0 Å². The molecule has 3 heteroatoms. The maximum Gasteiger partial charge on any atom is 0.212 e. The van der Waals surface area contributed by atoms with Crippen LogP contribution in [-0.4, -0.2) is 17.1 Å². The predicted molar refractivity (Wildman–Crippen MR) is 56.1 cm³/mol. The van der Waals surface area contributed by atoms with Crippen molar-refractivity contribution in [1.82, 2.24) is 10.3 Å². The minimum atomic E-state index is -0.382. The third-order valence-electron chi connectivity index (χ3n) is 3.72. The van der Waals surface area contributed by atoms with Crippen LogP contribution >= 0.6 is 0 Å². The molecular weight excluding hydrogens is 191 g/mol. The van der Waals surface area contributed by atoms with E-state index < -0.39 is 0 Å². The topological polar surface area (TPSA) is 24.9 Å². The first kappa shape index (κ1) is 9.28. The lowest BCUT2D eigenvalue weighted by atomic mass is 9.92. The number of hydrogen-bond acceptors (Lipinski definition) is 2. The number of piperidine rings is 1. The van der Waals surface area contributed by atoms with Crippen LogP contribution in [0.25, 0.3) is 0 Å². The molecule has 2 aliphatic rings. The summed E-state index contributed by atoms with van der Waals surface area (Å²) in [5, 5.41) is 3.63. The Morgan fingerprint density at radius 2 is 2.27 bits per heavy atom. The van der Waals surface area contributed by atoms with Gasteiger partial charge < -0.3 is 5.32 Å². The summed E-state index contributed by atoms with van der Waals surface area (Å²) in [6.45, 7) is 0. The van der Waals surface area contributed by atoms with Gasteiger partial charge in [0.25, 0.3) is 0 Å². The van der Waals surface area contributed by atoms with Crippen molar-refractivity contribution in [3.63, 3.8) is 0 Å².